The van der Waals surface area contributed by atoms with Crippen molar-refractivity contribution in [1.82, 2.24) is 0 Å². The van der Waals surface area contributed by atoms with Crippen LogP contribution in [0, 0.1) is 5.38 Å². The van der Waals surface area contributed by atoms with Crippen LogP contribution in [0.2, 0.25) is 0 Å². The average molecular weight is 126 g/mol. The standard InChI is InChI=1S/C4H7Cl2/c1-3(5)4(2)6/h3H,1-2H3. The summed E-state index contributed by atoms with van der Waals surface area (Å²) in [6.45, 7) is 3.63. The molecule has 6 heavy (non-hydrogen) atoms. The zero-order chi connectivity index (χ0) is 5.15. The summed E-state index contributed by atoms with van der Waals surface area (Å²) in [6, 6.07) is 0. The second-order valence-electron chi connectivity index (χ2n) is 1.20. The molecule has 2 heteroatoms. The van der Waals surface area contributed by atoms with Crippen LogP contribution in [-0.2, 0) is 0 Å². The van der Waals surface area contributed by atoms with Crippen molar-refractivity contribution in [3.05, 3.63) is 5.38 Å². The highest BCUT2D eigenvalue weighted by Gasteiger charge is 2.02. The number of hydrogen-bond acceptors (Lipinski definition) is 0. The van der Waals surface area contributed by atoms with Gasteiger partial charge in [0.2, 0.25) is 0 Å². The molecule has 0 aliphatic carbocycles. The highest BCUT2D eigenvalue weighted by Crippen LogP contribution is 2.14. The normalized spacial score (nSPS) is 15.5. The Balaban J connectivity index is 2.99. The maximum Gasteiger partial charge on any atom is 0.0781 e. The first-order chi connectivity index (χ1) is 2.64. The molecule has 0 saturated heterocycles. The summed E-state index contributed by atoms with van der Waals surface area (Å²) in [5.41, 5.74) is 0. The predicted molar refractivity (Wildman–Crippen MR) is 30.1 cm³/mol. The van der Waals surface area contributed by atoms with E-state index in [2.05, 4.69) is 0 Å². The highest BCUT2D eigenvalue weighted by atomic mass is 35.5. The SMILES string of the molecule is C[C](Cl)C(C)Cl. The van der Waals surface area contributed by atoms with Crippen LogP contribution in [0.5, 0.6) is 0 Å². The number of rotatable bonds is 1. The topological polar surface area (TPSA) is 0 Å². The van der Waals surface area contributed by atoms with Gasteiger partial charge in [0.1, 0.15) is 0 Å². The molecule has 1 unspecified atom stereocenters. The molecule has 0 aromatic rings. The third kappa shape index (κ3) is 2.80. The van der Waals surface area contributed by atoms with Gasteiger partial charge < -0.3 is 0 Å². The number of hydrogen-bond donors (Lipinski definition) is 0. The summed E-state index contributed by atoms with van der Waals surface area (Å²) in [5.74, 6) is 0. The van der Waals surface area contributed by atoms with Crippen molar-refractivity contribution in [3.8, 4) is 0 Å². The molecule has 0 aromatic carbocycles. The van der Waals surface area contributed by atoms with E-state index in [-0.39, 0.29) is 5.38 Å². The lowest BCUT2D eigenvalue weighted by atomic mass is 10.4. The van der Waals surface area contributed by atoms with Crippen LogP contribution in [0.1, 0.15) is 13.8 Å². The summed E-state index contributed by atoms with van der Waals surface area (Å²) in [7, 11) is 0. The summed E-state index contributed by atoms with van der Waals surface area (Å²) in [6.07, 6.45) is 0. The summed E-state index contributed by atoms with van der Waals surface area (Å²) in [5, 5.41) is 0.753. The van der Waals surface area contributed by atoms with Crippen molar-refractivity contribution in [3.63, 3.8) is 0 Å². The van der Waals surface area contributed by atoms with Crippen molar-refractivity contribution in [2.45, 2.75) is 19.2 Å². The van der Waals surface area contributed by atoms with Gasteiger partial charge in [0.05, 0.1) is 10.8 Å². The van der Waals surface area contributed by atoms with Crippen LogP contribution in [-0.4, -0.2) is 5.38 Å². The van der Waals surface area contributed by atoms with Gasteiger partial charge in [-0.1, -0.05) is 0 Å². The third-order valence-corrected chi connectivity index (χ3v) is 1.31. The Kier molecular flexibility index (Phi) is 2.96. The first kappa shape index (κ1) is 6.58. The number of alkyl halides is 1. The van der Waals surface area contributed by atoms with Gasteiger partial charge in [-0.2, -0.15) is 0 Å². The molecule has 1 atom stereocenters. The molecule has 0 amide bonds. The second kappa shape index (κ2) is 2.70. The van der Waals surface area contributed by atoms with Crippen LogP contribution >= 0.6 is 23.2 Å². The van der Waals surface area contributed by atoms with Gasteiger partial charge in [-0.25, -0.2) is 0 Å². The van der Waals surface area contributed by atoms with E-state index in [1.807, 2.05) is 6.92 Å². The fourth-order valence-corrected chi connectivity index (χ4v) is 0. The minimum absolute atomic E-state index is 0.00617. The fraction of sp³-hybridized carbons (Fsp3) is 0.750. The Hall–Kier alpha value is 0.580. The van der Waals surface area contributed by atoms with Gasteiger partial charge in [0, 0.05) is 0 Å². The van der Waals surface area contributed by atoms with Crippen molar-refractivity contribution in [1.29, 1.82) is 0 Å². The molecule has 0 rings (SSSR count). The van der Waals surface area contributed by atoms with E-state index in [0.717, 1.165) is 5.38 Å². The molecule has 0 aliphatic rings. The Morgan fingerprint density at radius 1 is 1.67 bits per heavy atom. The Morgan fingerprint density at radius 3 is 1.83 bits per heavy atom. The quantitative estimate of drug-likeness (QED) is 0.473. The molecule has 0 saturated carbocycles. The molecule has 0 spiro atoms. The minimum Gasteiger partial charge on any atom is -0.121 e. The average Bonchev–Trinajstić information content (AvgIpc) is 1.36. The van der Waals surface area contributed by atoms with E-state index < -0.39 is 0 Å². The predicted octanol–water partition coefficient (Wildman–Crippen LogP) is 2.40. The van der Waals surface area contributed by atoms with Crippen molar-refractivity contribution in [2.75, 3.05) is 0 Å². The van der Waals surface area contributed by atoms with Crippen molar-refractivity contribution in [2.24, 2.45) is 0 Å². The lowest BCUT2D eigenvalue weighted by Gasteiger charge is -1.99. The van der Waals surface area contributed by atoms with E-state index in [1.54, 1.807) is 6.92 Å². The first-order valence-electron chi connectivity index (χ1n) is 1.77. The van der Waals surface area contributed by atoms with E-state index in [1.165, 1.54) is 0 Å². The molecular weight excluding hydrogens is 119 g/mol. The monoisotopic (exact) mass is 125 g/mol. The second-order valence-corrected chi connectivity index (χ2v) is 2.45. The first-order valence-corrected chi connectivity index (χ1v) is 2.59. The van der Waals surface area contributed by atoms with E-state index in [0.29, 0.717) is 0 Å². The molecule has 0 nitrogen and oxygen atoms in total. The van der Waals surface area contributed by atoms with Crippen LogP contribution in [0.15, 0.2) is 0 Å². The lowest BCUT2D eigenvalue weighted by molar-refractivity contribution is 1.06. The Bertz CT molecular complexity index is 26.5. The van der Waals surface area contributed by atoms with Crippen molar-refractivity contribution < 1.29 is 0 Å². The molecule has 37 valence electrons. The maximum atomic E-state index is 5.44. The highest BCUT2D eigenvalue weighted by molar-refractivity contribution is 6.34. The Labute approximate surface area is 48.4 Å². The number of halogens is 2. The summed E-state index contributed by atoms with van der Waals surface area (Å²) >= 11 is 10.8. The summed E-state index contributed by atoms with van der Waals surface area (Å²) in [4.78, 5) is 0. The molecule has 0 aromatic heterocycles. The van der Waals surface area contributed by atoms with Gasteiger partial charge in [-0.3, -0.25) is 0 Å². The largest absolute Gasteiger partial charge is 0.121 e. The lowest BCUT2D eigenvalue weighted by Crippen LogP contribution is -1.93. The molecular formula is C4H7Cl2. The zero-order valence-electron chi connectivity index (χ0n) is 3.83. The van der Waals surface area contributed by atoms with Gasteiger partial charge in [-0.05, 0) is 13.8 Å². The third-order valence-electron chi connectivity index (χ3n) is 0.548. The van der Waals surface area contributed by atoms with Gasteiger partial charge in [-0.15, -0.1) is 23.2 Å². The van der Waals surface area contributed by atoms with Crippen LogP contribution in [0.25, 0.3) is 0 Å². The van der Waals surface area contributed by atoms with Gasteiger partial charge in [0.25, 0.3) is 0 Å². The van der Waals surface area contributed by atoms with Crippen molar-refractivity contribution >= 4 is 23.2 Å². The Morgan fingerprint density at radius 2 is 1.83 bits per heavy atom. The minimum atomic E-state index is 0.00617. The van der Waals surface area contributed by atoms with Crippen LogP contribution in [0.4, 0.5) is 0 Å². The molecule has 0 bridgehead atoms. The summed E-state index contributed by atoms with van der Waals surface area (Å²) < 4.78 is 0. The zero-order valence-corrected chi connectivity index (χ0v) is 5.35. The molecule has 0 N–H and O–H groups in total. The molecule has 0 fully saturated rings. The molecule has 0 heterocycles. The molecule has 0 aliphatic heterocycles. The smallest absolute Gasteiger partial charge is 0.0781 e. The van der Waals surface area contributed by atoms with E-state index in [4.69, 9.17) is 23.2 Å². The van der Waals surface area contributed by atoms with Gasteiger partial charge in [0.15, 0.2) is 0 Å². The fourth-order valence-electron chi connectivity index (χ4n) is 0. The van der Waals surface area contributed by atoms with Gasteiger partial charge >= 0.3 is 0 Å². The van der Waals surface area contributed by atoms with E-state index in [9.17, 15) is 0 Å². The van der Waals surface area contributed by atoms with Crippen LogP contribution in [0.3, 0.4) is 0 Å². The molecule has 1 radical (unpaired) electrons. The van der Waals surface area contributed by atoms with Crippen LogP contribution < -0.4 is 0 Å². The van der Waals surface area contributed by atoms with E-state index >= 15 is 0 Å². The maximum absolute atomic E-state index is 5.44.